The minimum absolute atomic E-state index is 0.0701. The maximum absolute atomic E-state index is 13.8. The molecule has 0 bridgehead atoms. The minimum atomic E-state index is -4.66. The van der Waals surface area contributed by atoms with Crippen LogP contribution in [0.2, 0.25) is 0 Å². The van der Waals surface area contributed by atoms with Crippen molar-refractivity contribution in [2.75, 3.05) is 6.61 Å². The molecule has 0 aliphatic rings. The second kappa shape index (κ2) is 5.51. The van der Waals surface area contributed by atoms with E-state index < -0.39 is 23.5 Å². The summed E-state index contributed by atoms with van der Waals surface area (Å²) in [5.74, 6) is -2.01. The zero-order valence-corrected chi connectivity index (χ0v) is 10.7. The van der Waals surface area contributed by atoms with Crippen LogP contribution in [0.25, 0.3) is 11.3 Å². The highest BCUT2D eigenvalue weighted by molar-refractivity contribution is 5.93. The number of aromatic nitrogens is 3. The number of hydrogen-bond acceptors (Lipinski definition) is 4. The summed E-state index contributed by atoms with van der Waals surface area (Å²) in [4.78, 5) is 11.6. The molecule has 0 saturated carbocycles. The predicted molar refractivity (Wildman–Crippen MR) is 62.7 cm³/mol. The molecule has 0 unspecified atom stereocenters. The molecule has 2 aromatic rings. The molecule has 9 heteroatoms. The molecule has 1 N–H and O–H groups in total. The minimum Gasteiger partial charge on any atom is -0.461 e. The van der Waals surface area contributed by atoms with Crippen LogP contribution in [0.3, 0.4) is 0 Å². The molecular formula is C12H9F4N3O2. The molecule has 0 radical (unpaired) electrons. The second-order valence-electron chi connectivity index (χ2n) is 3.93. The number of carbonyl (C=O) groups excluding carboxylic acids is 1. The Labute approximate surface area is 115 Å². The van der Waals surface area contributed by atoms with Crippen LogP contribution in [0.5, 0.6) is 0 Å². The van der Waals surface area contributed by atoms with Crippen molar-refractivity contribution in [1.29, 1.82) is 0 Å². The largest absolute Gasteiger partial charge is 0.461 e. The number of rotatable bonds is 3. The molecular weight excluding hydrogens is 294 g/mol. The van der Waals surface area contributed by atoms with Crippen LogP contribution >= 0.6 is 0 Å². The number of nitrogens with zero attached hydrogens (tertiary/aromatic N) is 2. The van der Waals surface area contributed by atoms with Gasteiger partial charge in [0.2, 0.25) is 0 Å². The number of carbonyl (C=O) groups is 1. The molecule has 0 saturated heterocycles. The van der Waals surface area contributed by atoms with E-state index in [1.165, 1.54) is 0 Å². The highest BCUT2D eigenvalue weighted by Gasteiger charge is 2.32. The Morgan fingerprint density at radius 1 is 1.33 bits per heavy atom. The monoisotopic (exact) mass is 303 g/mol. The first-order chi connectivity index (χ1) is 9.84. The summed E-state index contributed by atoms with van der Waals surface area (Å²) in [6.45, 7) is 1.64. The lowest BCUT2D eigenvalue weighted by Crippen LogP contribution is -2.08. The molecule has 0 fully saturated rings. The Balaban J connectivity index is 2.44. The van der Waals surface area contributed by atoms with Crippen molar-refractivity contribution >= 4 is 5.97 Å². The third kappa shape index (κ3) is 3.01. The van der Waals surface area contributed by atoms with Gasteiger partial charge in [-0.05, 0) is 25.1 Å². The number of alkyl halides is 3. The zero-order valence-electron chi connectivity index (χ0n) is 10.7. The van der Waals surface area contributed by atoms with Gasteiger partial charge in [-0.15, -0.1) is 5.10 Å². The number of benzene rings is 1. The Kier molecular flexibility index (Phi) is 3.92. The van der Waals surface area contributed by atoms with Crippen molar-refractivity contribution in [3.8, 4) is 11.3 Å². The summed E-state index contributed by atoms with van der Waals surface area (Å²) in [6, 6.07) is 1.92. The van der Waals surface area contributed by atoms with Gasteiger partial charge >= 0.3 is 12.1 Å². The molecule has 0 aliphatic carbocycles. The summed E-state index contributed by atoms with van der Waals surface area (Å²) < 4.78 is 56.0. The molecule has 1 aromatic carbocycles. The second-order valence-corrected chi connectivity index (χ2v) is 3.93. The Morgan fingerprint density at radius 3 is 2.62 bits per heavy atom. The van der Waals surface area contributed by atoms with Gasteiger partial charge in [0.25, 0.3) is 0 Å². The molecule has 1 aromatic heterocycles. The van der Waals surface area contributed by atoms with Gasteiger partial charge in [-0.1, -0.05) is 0 Å². The third-order valence-electron chi connectivity index (χ3n) is 2.57. The van der Waals surface area contributed by atoms with Crippen LogP contribution in [0, 0.1) is 5.82 Å². The number of aromatic amines is 1. The summed E-state index contributed by atoms with van der Waals surface area (Å²) in [6.07, 6.45) is -4.66. The normalized spacial score (nSPS) is 11.5. The van der Waals surface area contributed by atoms with Crippen LogP contribution in [-0.2, 0) is 10.9 Å². The van der Waals surface area contributed by atoms with Crippen LogP contribution in [0.4, 0.5) is 17.6 Å². The fourth-order valence-corrected chi connectivity index (χ4v) is 1.64. The van der Waals surface area contributed by atoms with E-state index in [-0.39, 0.29) is 23.6 Å². The maximum Gasteiger partial charge on any atom is 0.416 e. The molecule has 0 amide bonds. The molecule has 5 nitrogen and oxygen atoms in total. The fourth-order valence-electron chi connectivity index (χ4n) is 1.64. The molecule has 2 rings (SSSR count). The average Bonchev–Trinajstić information content (AvgIpc) is 2.86. The van der Waals surface area contributed by atoms with Crippen molar-refractivity contribution < 1.29 is 27.1 Å². The van der Waals surface area contributed by atoms with Gasteiger partial charge in [-0.3, -0.25) is 0 Å². The number of H-pyrrole nitrogens is 1. The van der Waals surface area contributed by atoms with Crippen LogP contribution in [-0.4, -0.2) is 28.0 Å². The van der Waals surface area contributed by atoms with Crippen LogP contribution in [0.15, 0.2) is 18.2 Å². The van der Waals surface area contributed by atoms with Gasteiger partial charge < -0.3 is 4.74 Å². The summed E-state index contributed by atoms with van der Waals surface area (Å²) in [5.41, 5.74) is -1.92. The number of nitrogens with one attached hydrogen (secondary N) is 1. The smallest absolute Gasteiger partial charge is 0.416 e. The fraction of sp³-hybridized carbons (Fsp3) is 0.250. The standard InChI is InChI=1S/C12H9F4N3O2/c1-2-21-11(20)10-9(17-19-18-10)7-4-3-6(5-8(7)13)12(14,15)16/h3-5H,2H2,1H3,(H,17,18,19). The number of ether oxygens (including phenoxy) is 1. The number of halogens is 4. The van der Waals surface area contributed by atoms with Crippen LogP contribution in [0.1, 0.15) is 23.0 Å². The lowest BCUT2D eigenvalue weighted by Gasteiger charge is -2.08. The van der Waals surface area contributed by atoms with Crippen molar-refractivity contribution in [3.05, 3.63) is 35.3 Å². The molecule has 21 heavy (non-hydrogen) atoms. The number of hydrogen-bond donors (Lipinski definition) is 1. The Bertz CT molecular complexity index is 667. The topological polar surface area (TPSA) is 67.9 Å². The highest BCUT2D eigenvalue weighted by Crippen LogP contribution is 2.32. The predicted octanol–water partition coefficient (Wildman–Crippen LogP) is 2.81. The van der Waals surface area contributed by atoms with Crippen molar-refractivity contribution in [2.45, 2.75) is 13.1 Å². The van der Waals surface area contributed by atoms with E-state index in [1.54, 1.807) is 6.92 Å². The first-order valence-corrected chi connectivity index (χ1v) is 5.79. The maximum atomic E-state index is 13.8. The molecule has 0 spiro atoms. The SMILES string of the molecule is CCOC(=O)c1n[nH]nc1-c1ccc(C(F)(F)F)cc1F. The molecule has 1 heterocycles. The van der Waals surface area contributed by atoms with Gasteiger partial charge in [-0.2, -0.15) is 23.5 Å². The first-order valence-electron chi connectivity index (χ1n) is 5.79. The summed E-state index contributed by atoms with van der Waals surface area (Å²) >= 11 is 0. The Hall–Kier alpha value is -2.45. The van der Waals surface area contributed by atoms with E-state index in [0.29, 0.717) is 12.1 Å². The van der Waals surface area contributed by atoms with Gasteiger partial charge in [0.05, 0.1) is 12.2 Å². The van der Waals surface area contributed by atoms with E-state index in [0.717, 1.165) is 6.07 Å². The molecule has 112 valence electrons. The Morgan fingerprint density at radius 2 is 2.05 bits per heavy atom. The average molecular weight is 303 g/mol. The van der Waals surface area contributed by atoms with Gasteiger partial charge in [-0.25, -0.2) is 9.18 Å². The van der Waals surface area contributed by atoms with Gasteiger partial charge in [0.15, 0.2) is 5.69 Å². The van der Waals surface area contributed by atoms with E-state index in [4.69, 9.17) is 4.74 Å². The van der Waals surface area contributed by atoms with Crippen molar-refractivity contribution in [3.63, 3.8) is 0 Å². The zero-order chi connectivity index (χ0) is 15.6. The quantitative estimate of drug-likeness (QED) is 0.699. The van der Waals surface area contributed by atoms with Crippen molar-refractivity contribution in [2.24, 2.45) is 0 Å². The highest BCUT2D eigenvalue weighted by atomic mass is 19.4. The van der Waals surface area contributed by atoms with E-state index >= 15 is 0 Å². The van der Waals surface area contributed by atoms with Gasteiger partial charge in [0.1, 0.15) is 11.5 Å². The van der Waals surface area contributed by atoms with Crippen molar-refractivity contribution in [1.82, 2.24) is 15.4 Å². The lowest BCUT2D eigenvalue weighted by atomic mass is 10.1. The summed E-state index contributed by atoms with van der Waals surface area (Å²) in [7, 11) is 0. The van der Waals surface area contributed by atoms with Crippen LogP contribution < -0.4 is 0 Å². The van der Waals surface area contributed by atoms with E-state index in [1.807, 2.05) is 0 Å². The molecule has 0 atom stereocenters. The number of esters is 1. The van der Waals surface area contributed by atoms with Gasteiger partial charge in [0, 0.05) is 5.56 Å². The molecule has 0 aliphatic heterocycles. The lowest BCUT2D eigenvalue weighted by molar-refractivity contribution is -0.137. The first kappa shape index (κ1) is 14.9. The third-order valence-corrected chi connectivity index (χ3v) is 2.57. The van der Waals surface area contributed by atoms with E-state index in [9.17, 15) is 22.4 Å². The summed E-state index contributed by atoms with van der Waals surface area (Å²) in [5, 5.41) is 9.23. The van der Waals surface area contributed by atoms with E-state index in [2.05, 4.69) is 15.4 Å².